The number of fused-ring (bicyclic) bond motifs is 1. The molecule has 31 heavy (non-hydrogen) atoms. The minimum Gasteiger partial charge on any atom is -0.445 e. The summed E-state index contributed by atoms with van der Waals surface area (Å²) in [6.07, 6.45) is 5.92. The average Bonchev–Trinajstić information content (AvgIpc) is 3.28. The maximum absolute atomic E-state index is 13.3. The third kappa shape index (κ3) is 4.06. The van der Waals surface area contributed by atoms with Crippen molar-refractivity contribution in [1.82, 2.24) is 14.9 Å². The Labute approximate surface area is 185 Å². The summed E-state index contributed by atoms with van der Waals surface area (Å²) in [4.78, 5) is 24.1. The van der Waals surface area contributed by atoms with Crippen LogP contribution in [0, 0.1) is 0 Å². The molecule has 1 aliphatic heterocycles. The first-order valence-electron chi connectivity index (χ1n) is 10.5. The van der Waals surface area contributed by atoms with Crippen molar-refractivity contribution in [2.24, 2.45) is 0 Å². The van der Waals surface area contributed by atoms with E-state index in [1.807, 2.05) is 59.5 Å². The van der Waals surface area contributed by atoms with Crippen LogP contribution in [-0.4, -0.2) is 33.9 Å². The number of likely N-dealkylation sites (tertiary alicyclic amines) is 1. The van der Waals surface area contributed by atoms with Gasteiger partial charge >= 0.3 is 0 Å². The zero-order valence-electron chi connectivity index (χ0n) is 17.0. The molecule has 3 heterocycles. The number of halogens is 1. The summed E-state index contributed by atoms with van der Waals surface area (Å²) >= 11 is 6.27. The molecule has 1 atom stereocenters. The Balaban J connectivity index is 1.33. The Morgan fingerprint density at radius 2 is 1.94 bits per heavy atom. The minimum atomic E-state index is -0.0376. The first-order valence-corrected chi connectivity index (χ1v) is 10.9. The summed E-state index contributed by atoms with van der Waals surface area (Å²) in [6.45, 7) is 1.29. The number of nitrogens with zero attached hydrogens (tertiary/aromatic N) is 3. The molecule has 0 radical (unpaired) electrons. The van der Waals surface area contributed by atoms with E-state index >= 15 is 0 Å². The molecule has 5 rings (SSSR count). The number of pyridine rings is 1. The highest BCUT2D eigenvalue weighted by Crippen LogP contribution is 2.29. The maximum atomic E-state index is 13.3. The van der Waals surface area contributed by atoms with Gasteiger partial charge < -0.3 is 9.32 Å². The van der Waals surface area contributed by atoms with Gasteiger partial charge in [0.05, 0.1) is 12.1 Å². The van der Waals surface area contributed by atoms with Crippen LogP contribution in [0.4, 0.5) is 0 Å². The molecule has 0 spiro atoms. The molecular formula is C25H22ClN3O2. The molecule has 1 saturated heterocycles. The molecule has 1 amide bonds. The van der Waals surface area contributed by atoms with E-state index in [0.717, 1.165) is 40.0 Å². The van der Waals surface area contributed by atoms with Crippen LogP contribution in [0.5, 0.6) is 0 Å². The van der Waals surface area contributed by atoms with Gasteiger partial charge in [0.15, 0.2) is 5.89 Å². The number of benzene rings is 2. The van der Waals surface area contributed by atoms with Crippen molar-refractivity contribution >= 4 is 28.3 Å². The first-order chi connectivity index (χ1) is 15.2. The Hall–Kier alpha value is -3.18. The summed E-state index contributed by atoms with van der Waals surface area (Å²) < 4.78 is 6.06. The molecule has 4 aromatic rings. The fraction of sp³-hybridized carbons (Fsp3) is 0.240. The highest BCUT2D eigenvalue weighted by Gasteiger charge is 2.29. The van der Waals surface area contributed by atoms with Gasteiger partial charge in [0.1, 0.15) is 11.5 Å². The van der Waals surface area contributed by atoms with Gasteiger partial charge in [-0.3, -0.25) is 9.78 Å². The summed E-state index contributed by atoms with van der Waals surface area (Å²) in [5.74, 6) is 1.50. The van der Waals surface area contributed by atoms with Gasteiger partial charge in [-0.25, -0.2) is 4.98 Å². The standard InChI is InChI=1S/C25H22ClN3O2/c26-22-10-4-2-7-18(22)14-20-15-28-24(31-20)19-8-5-13-29(16-19)25(30)23-21-9-3-1-6-17(21)11-12-27-23/h1-4,6-7,9-12,15,19H,5,8,13-14,16H2/t19-/m0/s1. The second kappa shape index (κ2) is 8.52. The maximum Gasteiger partial charge on any atom is 0.273 e. The molecular weight excluding hydrogens is 410 g/mol. The van der Waals surface area contributed by atoms with Crippen LogP contribution in [0.15, 0.2) is 71.4 Å². The molecule has 0 bridgehead atoms. The summed E-state index contributed by atoms with van der Waals surface area (Å²) in [5, 5.41) is 2.62. The normalized spacial score (nSPS) is 16.5. The van der Waals surface area contributed by atoms with Gasteiger partial charge in [-0.1, -0.05) is 54.1 Å². The molecule has 0 saturated carbocycles. The fourth-order valence-corrected chi connectivity index (χ4v) is 4.43. The van der Waals surface area contributed by atoms with Crippen LogP contribution in [0.3, 0.4) is 0 Å². The number of piperidine rings is 1. The third-order valence-corrected chi connectivity index (χ3v) is 6.20. The van der Waals surface area contributed by atoms with Gasteiger partial charge in [-0.05, 0) is 35.9 Å². The molecule has 0 N–H and O–H groups in total. The minimum absolute atomic E-state index is 0.0376. The van der Waals surface area contributed by atoms with Gasteiger partial charge in [-0.15, -0.1) is 0 Å². The summed E-state index contributed by atoms with van der Waals surface area (Å²) in [5.41, 5.74) is 1.51. The topological polar surface area (TPSA) is 59.2 Å². The van der Waals surface area contributed by atoms with Crippen LogP contribution in [-0.2, 0) is 6.42 Å². The number of carbonyl (C=O) groups is 1. The van der Waals surface area contributed by atoms with E-state index in [1.165, 1.54) is 0 Å². The van der Waals surface area contributed by atoms with E-state index in [0.29, 0.717) is 31.1 Å². The number of hydrogen-bond donors (Lipinski definition) is 0. The van der Waals surface area contributed by atoms with Crippen molar-refractivity contribution in [3.8, 4) is 0 Å². The summed E-state index contributed by atoms with van der Waals surface area (Å²) in [7, 11) is 0. The number of rotatable bonds is 4. The molecule has 1 aliphatic rings. The van der Waals surface area contributed by atoms with Crippen molar-refractivity contribution in [3.05, 3.63) is 94.9 Å². The highest BCUT2D eigenvalue weighted by molar-refractivity contribution is 6.31. The monoisotopic (exact) mass is 431 g/mol. The summed E-state index contributed by atoms with van der Waals surface area (Å²) in [6, 6.07) is 17.5. The molecule has 6 heteroatoms. The van der Waals surface area contributed by atoms with Crippen LogP contribution >= 0.6 is 11.6 Å². The molecule has 0 aliphatic carbocycles. The quantitative estimate of drug-likeness (QED) is 0.429. The van der Waals surface area contributed by atoms with E-state index in [-0.39, 0.29) is 11.8 Å². The van der Waals surface area contributed by atoms with E-state index in [1.54, 1.807) is 12.4 Å². The first kappa shape index (κ1) is 19.8. The van der Waals surface area contributed by atoms with Crippen LogP contribution in [0.2, 0.25) is 5.02 Å². The molecule has 0 unspecified atom stereocenters. The number of hydrogen-bond acceptors (Lipinski definition) is 4. The third-order valence-electron chi connectivity index (χ3n) is 5.83. The largest absolute Gasteiger partial charge is 0.445 e. The average molecular weight is 432 g/mol. The van der Waals surface area contributed by atoms with Crippen LogP contribution < -0.4 is 0 Å². The lowest BCUT2D eigenvalue weighted by atomic mass is 9.97. The van der Waals surface area contributed by atoms with Gasteiger partial charge in [0.25, 0.3) is 5.91 Å². The number of amides is 1. The Kier molecular flexibility index (Phi) is 5.43. The van der Waals surface area contributed by atoms with Crippen molar-refractivity contribution < 1.29 is 9.21 Å². The predicted octanol–water partition coefficient (Wildman–Crippen LogP) is 5.49. The van der Waals surface area contributed by atoms with Gasteiger partial charge in [0.2, 0.25) is 0 Å². The van der Waals surface area contributed by atoms with E-state index in [2.05, 4.69) is 9.97 Å². The molecule has 5 nitrogen and oxygen atoms in total. The second-order valence-electron chi connectivity index (χ2n) is 7.90. The smallest absolute Gasteiger partial charge is 0.273 e. The van der Waals surface area contributed by atoms with Crippen molar-refractivity contribution in [3.63, 3.8) is 0 Å². The van der Waals surface area contributed by atoms with Gasteiger partial charge in [0, 0.05) is 36.1 Å². The lowest BCUT2D eigenvalue weighted by molar-refractivity contribution is 0.0694. The zero-order valence-corrected chi connectivity index (χ0v) is 17.8. The van der Waals surface area contributed by atoms with Crippen LogP contribution in [0.1, 0.15) is 46.5 Å². The Morgan fingerprint density at radius 3 is 2.84 bits per heavy atom. The van der Waals surface area contributed by atoms with Gasteiger partial charge in [-0.2, -0.15) is 0 Å². The highest BCUT2D eigenvalue weighted by atomic mass is 35.5. The molecule has 2 aromatic carbocycles. The van der Waals surface area contributed by atoms with Crippen LogP contribution in [0.25, 0.3) is 10.8 Å². The zero-order chi connectivity index (χ0) is 21.2. The van der Waals surface area contributed by atoms with Crippen molar-refractivity contribution in [2.45, 2.75) is 25.2 Å². The van der Waals surface area contributed by atoms with E-state index in [9.17, 15) is 4.79 Å². The lowest BCUT2D eigenvalue weighted by Gasteiger charge is -2.31. The van der Waals surface area contributed by atoms with Crippen molar-refractivity contribution in [1.29, 1.82) is 0 Å². The Bertz CT molecular complexity index is 1230. The predicted molar refractivity (Wildman–Crippen MR) is 120 cm³/mol. The number of oxazole rings is 1. The fourth-order valence-electron chi connectivity index (χ4n) is 4.23. The Morgan fingerprint density at radius 1 is 1.10 bits per heavy atom. The van der Waals surface area contributed by atoms with E-state index < -0.39 is 0 Å². The lowest BCUT2D eigenvalue weighted by Crippen LogP contribution is -2.39. The molecule has 1 fully saturated rings. The SMILES string of the molecule is O=C(c1nccc2ccccc12)N1CCC[C@H](c2ncc(Cc3ccccc3Cl)o2)C1. The number of carbonyl (C=O) groups excluding carboxylic acids is 1. The molecule has 2 aromatic heterocycles. The number of aromatic nitrogens is 2. The second-order valence-corrected chi connectivity index (χ2v) is 8.31. The van der Waals surface area contributed by atoms with E-state index in [4.69, 9.17) is 16.0 Å². The van der Waals surface area contributed by atoms with Crippen molar-refractivity contribution in [2.75, 3.05) is 13.1 Å². The molecule has 156 valence electrons.